The molecule has 6 nitrogen and oxygen atoms in total. The molecule has 0 aromatic carbocycles. The summed E-state index contributed by atoms with van der Waals surface area (Å²) in [4.78, 5) is 23.2. The van der Waals surface area contributed by atoms with Crippen LogP contribution in [-0.2, 0) is 19.0 Å². The number of amides is 1. The van der Waals surface area contributed by atoms with Crippen molar-refractivity contribution < 1.29 is 23.8 Å². The predicted molar refractivity (Wildman–Crippen MR) is 91.8 cm³/mol. The summed E-state index contributed by atoms with van der Waals surface area (Å²) in [6.45, 7) is 13.3. The number of carbonyl (C=O) groups is 2. The minimum absolute atomic E-state index is 0.0791. The van der Waals surface area contributed by atoms with Gasteiger partial charge >= 0.3 is 12.1 Å². The third-order valence-corrected chi connectivity index (χ3v) is 4.23. The molecule has 2 unspecified atom stereocenters. The van der Waals surface area contributed by atoms with Crippen LogP contribution < -0.4 is 5.32 Å². The molecule has 6 heteroatoms. The second-order valence-electron chi connectivity index (χ2n) is 7.18. The average molecular weight is 341 g/mol. The van der Waals surface area contributed by atoms with Crippen molar-refractivity contribution in [3.63, 3.8) is 0 Å². The molecule has 0 radical (unpaired) electrons. The zero-order valence-electron chi connectivity index (χ0n) is 15.6. The minimum atomic E-state index is -0.718. The third kappa shape index (κ3) is 6.15. The third-order valence-electron chi connectivity index (χ3n) is 4.23. The molecule has 138 valence electrons. The SMILES string of the molecule is C=C(C)C(=O)OCCNC(=O)OC(C)(C)C1CCC(C)(CCC)O1. The van der Waals surface area contributed by atoms with Gasteiger partial charge in [0.25, 0.3) is 0 Å². The molecule has 0 aliphatic carbocycles. The summed E-state index contributed by atoms with van der Waals surface area (Å²) in [6.07, 6.45) is 3.23. The number of hydrogen-bond acceptors (Lipinski definition) is 5. The molecule has 0 saturated carbocycles. The Kier molecular flexibility index (Phi) is 7.27. The molecule has 0 aromatic rings. The lowest BCUT2D eigenvalue weighted by Gasteiger charge is -2.33. The van der Waals surface area contributed by atoms with E-state index < -0.39 is 17.7 Å². The maximum Gasteiger partial charge on any atom is 0.407 e. The molecule has 1 aliphatic rings. The molecule has 1 amide bonds. The summed E-state index contributed by atoms with van der Waals surface area (Å²) in [5.41, 5.74) is -0.524. The summed E-state index contributed by atoms with van der Waals surface area (Å²) < 4.78 is 16.6. The Morgan fingerprint density at radius 1 is 1.42 bits per heavy atom. The van der Waals surface area contributed by atoms with E-state index in [0.717, 1.165) is 25.7 Å². The monoisotopic (exact) mass is 341 g/mol. The van der Waals surface area contributed by atoms with Crippen LogP contribution in [0.25, 0.3) is 0 Å². The van der Waals surface area contributed by atoms with E-state index in [1.807, 2.05) is 13.8 Å². The minimum Gasteiger partial charge on any atom is -0.460 e. The lowest BCUT2D eigenvalue weighted by molar-refractivity contribution is -0.138. The zero-order chi connectivity index (χ0) is 18.4. The molecule has 0 aromatic heterocycles. The smallest absolute Gasteiger partial charge is 0.407 e. The van der Waals surface area contributed by atoms with E-state index in [4.69, 9.17) is 14.2 Å². The summed E-state index contributed by atoms with van der Waals surface area (Å²) in [6, 6.07) is 0. The van der Waals surface area contributed by atoms with Gasteiger partial charge in [0, 0.05) is 5.57 Å². The van der Waals surface area contributed by atoms with Crippen LogP contribution in [0.4, 0.5) is 4.79 Å². The fourth-order valence-electron chi connectivity index (χ4n) is 2.86. The van der Waals surface area contributed by atoms with Gasteiger partial charge in [0.1, 0.15) is 12.2 Å². The first-order chi connectivity index (χ1) is 11.1. The number of carbonyl (C=O) groups excluding carboxylic acids is 2. The van der Waals surface area contributed by atoms with Gasteiger partial charge in [-0.3, -0.25) is 0 Å². The Labute approximate surface area is 144 Å². The molecule has 1 rings (SSSR count). The average Bonchev–Trinajstić information content (AvgIpc) is 2.86. The van der Waals surface area contributed by atoms with Crippen molar-refractivity contribution in [2.75, 3.05) is 13.2 Å². The zero-order valence-corrected chi connectivity index (χ0v) is 15.6. The normalized spacial score (nSPS) is 23.6. The number of nitrogens with one attached hydrogen (secondary N) is 1. The maximum absolute atomic E-state index is 11.9. The Morgan fingerprint density at radius 2 is 2.08 bits per heavy atom. The van der Waals surface area contributed by atoms with E-state index in [1.54, 1.807) is 6.92 Å². The van der Waals surface area contributed by atoms with E-state index >= 15 is 0 Å². The first-order valence-electron chi connectivity index (χ1n) is 8.57. The Hall–Kier alpha value is -1.56. The van der Waals surface area contributed by atoms with Gasteiger partial charge in [0.2, 0.25) is 0 Å². The maximum atomic E-state index is 11.9. The topological polar surface area (TPSA) is 73.9 Å². The van der Waals surface area contributed by atoms with Gasteiger partial charge in [-0.25, -0.2) is 9.59 Å². The molecule has 0 spiro atoms. The van der Waals surface area contributed by atoms with Crippen LogP contribution >= 0.6 is 0 Å². The van der Waals surface area contributed by atoms with E-state index in [1.165, 1.54) is 0 Å². The van der Waals surface area contributed by atoms with Gasteiger partial charge in [-0.1, -0.05) is 19.9 Å². The van der Waals surface area contributed by atoms with Crippen molar-refractivity contribution >= 4 is 12.1 Å². The predicted octanol–water partition coefficient (Wildman–Crippen LogP) is 3.35. The fraction of sp³-hybridized carbons (Fsp3) is 0.778. The standard InChI is InChI=1S/C18H31NO5/c1-7-9-18(6)10-8-14(23-18)17(4,5)24-16(21)19-11-12-22-15(20)13(2)3/h14H,2,7-12H2,1,3-6H3,(H,19,21). The molecule has 1 heterocycles. The molecular formula is C18H31NO5. The largest absolute Gasteiger partial charge is 0.460 e. The lowest BCUT2D eigenvalue weighted by Crippen LogP contribution is -2.45. The Balaban J connectivity index is 2.37. The quantitative estimate of drug-likeness (QED) is 0.416. The van der Waals surface area contributed by atoms with Crippen molar-refractivity contribution in [3.8, 4) is 0 Å². The highest BCUT2D eigenvalue weighted by Gasteiger charge is 2.44. The number of hydrogen-bond donors (Lipinski definition) is 1. The van der Waals surface area contributed by atoms with E-state index in [0.29, 0.717) is 5.57 Å². The van der Waals surface area contributed by atoms with E-state index in [-0.39, 0.29) is 24.9 Å². The highest BCUT2D eigenvalue weighted by Crippen LogP contribution is 2.39. The molecule has 1 N–H and O–H groups in total. The second-order valence-corrected chi connectivity index (χ2v) is 7.18. The molecule has 0 bridgehead atoms. The van der Waals surface area contributed by atoms with Crippen molar-refractivity contribution in [2.45, 2.75) is 77.6 Å². The second kappa shape index (κ2) is 8.51. The molecule has 2 atom stereocenters. The van der Waals surface area contributed by atoms with Crippen LogP contribution in [0.3, 0.4) is 0 Å². The highest BCUT2D eigenvalue weighted by molar-refractivity contribution is 5.86. The summed E-state index contributed by atoms with van der Waals surface area (Å²) in [7, 11) is 0. The first-order valence-corrected chi connectivity index (χ1v) is 8.57. The number of alkyl carbamates (subject to hydrolysis) is 1. The number of esters is 1. The fourth-order valence-corrected chi connectivity index (χ4v) is 2.86. The molecular weight excluding hydrogens is 310 g/mol. The summed E-state index contributed by atoms with van der Waals surface area (Å²) in [5.74, 6) is -0.472. The summed E-state index contributed by atoms with van der Waals surface area (Å²) in [5, 5.41) is 2.58. The molecule has 1 aliphatic heterocycles. The van der Waals surface area contributed by atoms with Gasteiger partial charge < -0.3 is 19.5 Å². The van der Waals surface area contributed by atoms with Gasteiger partial charge in [0.15, 0.2) is 0 Å². The summed E-state index contributed by atoms with van der Waals surface area (Å²) >= 11 is 0. The van der Waals surface area contributed by atoms with Crippen LogP contribution in [0.2, 0.25) is 0 Å². The first kappa shape index (κ1) is 20.5. The van der Waals surface area contributed by atoms with Crippen molar-refractivity contribution in [2.24, 2.45) is 0 Å². The number of rotatable bonds is 8. The van der Waals surface area contributed by atoms with Crippen LogP contribution in [-0.4, -0.2) is 42.5 Å². The number of ether oxygens (including phenoxy) is 3. The molecule has 1 saturated heterocycles. The highest BCUT2D eigenvalue weighted by atomic mass is 16.6. The van der Waals surface area contributed by atoms with Crippen molar-refractivity contribution in [1.82, 2.24) is 5.32 Å². The van der Waals surface area contributed by atoms with Gasteiger partial charge in [0.05, 0.1) is 18.2 Å². The Bertz CT molecular complexity index is 474. The van der Waals surface area contributed by atoms with Crippen LogP contribution in [0, 0.1) is 0 Å². The van der Waals surface area contributed by atoms with Gasteiger partial charge in [-0.05, 0) is 47.0 Å². The van der Waals surface area contributed by atoms with Crippen molar-refractivity contribution in [3.05, 3.63) is 12.2 Å². The van der Waals surface area contributed by atoms with Crippen molar-refractivity contribution in [1.29, 1.82) is 0 Å². The van der Waals surface area contributed by atoms with Crippen LogP contribution in [0.15, 0.2) is 12.2 Å². The van der Waals surface area contributed by atoms with E-state index in [9.17, 15) is 9.59 Å². The lowest BCUT2D eigenvalue weighted by atomic mass is 9.94. The van der Waals surface area contributed by atoms with Crippen LogP contribution in [0.1, 0.15) is 60.3 Å². The van der Waals surface area contributed by atoms with Gasteiger partial charge in [-0.2, -0.15) is 0 Å². The molecule has 24 heavy (non-hydrogen) atoms. The van der Waals surface area contributed by atoms with E-state index in [2.05, 4.69) is 25.7 Å². The molecule has 1 fully saturated rings. The van der Waals surface area contributed by atoms with Crippen LogP contribution in [0.5, 0.6) is 0 Å². The van der Waals surface area contributed by atoms with Gasteiger partial charge in [-0.15, -0.1) is 0 Å². The Morgan fingerprint density at radius 3 is 2.67 bits per heavy atom.